The highest BCUT2D eigenvalue weighted by Gasteiger charge is 2.34. The van der Waals surface area contributed by atoms with Crippen LogP contribution in [0, 0.1) is 0 Å². The fraction of sp³-hybridized carbons (Fsp3) is 0.455. The molecule has 2 fully saturated rings. The van der Waals surface area contributed by atoms with Gasteiger partial charge in [0, 0.05) is 32.0 Å². The summed E-state index contributed by atoms with van der Waals surface area (Å²) >= 11 is 0. The van der Waals surface area contributed by atoms with Crippen LogP contribution in [-0.4, -0.2) is 25.6 Å². The zero-order chi connectivity index (χ0) is 20.0. The van der Waals surface area contributed by atoms with Gasteiger partial charge in [-0.3, -0.25) is 14.2 Å². The number of para-hydroxylation sites is 1. The lowest BCUT2D eigenvalue weighted by Gasteiger charge is -2.29. The largest absolute Gasteiger partial charge is 0.342 e. The Balaban J connectivity index is 1.71. The van der Waals surface area contributed by atoms with Gasteiger partial charge in [0.1, 0.15) is 5.82 Å². The van der Waals surface area contributed by atoms with E-state index in [1.807, 2.05) is 33.7 Å². The van der Waals surface area contributed by atoms with Crippen molar-refractivity contribution in [2.45, 2.75) is 50.6 Å². The highest BCUT2D eigenvalue weighted by molar-refractivity contribution is 5.77. The Bertz CT molecular complexity index is 1180. The van der Waals surface area contributed by atoms with Crippen LogP contribution in [-0.2, 0) is 7.05 Å². The molecule has 7 heteroatoms. The molecule has 1 aliphatic carbocycles. The number of anilines is 1. The molecule has 1 aromatic carbocycles. The second-order valence-corrected chi connectivity index (χ2v) is 8.12. The van der Waals surface area contributed by atoms with Crippen molar-refractivity contribution >= 4 is 16.7 Å². The lowest BCUT2D eigenvalue weighted by molar-refractivity contribution is 0.454. The van der Waals surface area contributed by atoms with Crippen LogP contribution in [0.3, 0.4) is 0 Å². The molecule has 0 radical (unpaired) electrons. The summed E-state index contributed by atoms with van der Waals surface area (Å²) in [7, 11) is 1.74. The lowest BCUT2D eigenvalue weighted by Crippen LogP contribution is -2.37. The van der Waals surface area contributed by atoms with Gasteiger partial charge in [0.15, 0.2) is 5.82 Å². The number of benzene rings is 1. The third-order valence-corrected chi connectivity index (χ3v) is 6.35. The Morgan fingerprint density at radius 1 is 1.00 bits per heavy atom. The van der Waals surface area contributed by atoms with Crippen molar-refractivity contribution in [3.63, 3.8) is 0 Å². The van der Waals surface area contributed by atoms with Gasteiger partial charge >= 0.3 is 0 Å². The Morgan fingerprint density at radius 3 is 2.62 bits per heavy atom. The second-order valence-electron chi connectivity index (χ2n) is 8.12. The van der Waals surface area contributed by atoms with Gasteiger partial charge in [-0.05, 0) is 37.8 Å². The molecule has 29 heavy (non-hydrogen) atoms. The Labute approximate surface area is 168 Å². The van der Waals surface area contributed by atoms with Crippen LogP contribution in [0.15, 0.2) is 46.2 Å². The van der Waals surface area contributed by atoms with Gasteiger partial charge in [0.25, 0.3) is 11.1 Å². The van der Waals surface area contributed by atoms with Gasteiger partial charge in [0.2, 0.25) is 0 Å². The smallest absolute Gasteiger partial charge is 0.293 e. The zero-order valence-corrected chi connectivity index (χ0v) is 16.6. The molecule has 0 N–H and O–H groups in total. The summed E-state index contributed by atoms with van der Waals surface area (Å²) in [4.78, 5) is 37.6. The summed E-state index contributed by atoms with van der Waals surface area (Å²) in [6.07, 6.45) is 9.41. The normalized spacial score (nSPS) is 20.0. The summed E-state index contributed by atoms with van der Waals surface area (Å²) in [6.45, 7) is 0.740. The summed E-state index contributed by atoms with van der Waals surface area (Å²) in [5.74, 6) is 1.23. The van der Waals surface area contributed by atoms with Crippen molar-refractivity contribution in [3.05, 3.63) is 63.2 Å². The van der Waals surface area contributed by atoms with Crippen molar-refractivity contribution in [1.29, 1.82) is 0 Å². The summed E-state index contributed by atoms with van der Waals surface area (Å²) in [5, 5.41) is 0.668. The Kier molecular flexibility index (Phi) is 4.45. The molecule has 150 valence electrons. The zero-order valence-electron chi connectivity index (χ0n) is 16.6. The Morgan fingerprint density at radius 2 is 1.79 bits per heavy atom. The number of rotatable bonds is 3. The highest BCUT2D eigenvalue weighted by Crippen LogP contribution is 2.37. The summed E-state index contributed by atoms with van der Waals surface area (Å²) < 4.78 is 3.49. The average molecular weight is 391 g/mol. The third-order valence-electron chi connectivity index (χ3n) is 6.35. The molecule has 1 saturated heterocycles. The summed E-state index contributed by atoms with van der Waals surface area (Å²) in [6, 6.07) is 7.64. The molecule has 3 aromatic rings. The van der Waals surface area contributed by atoms with Gasteiger partial charge in [-0.2, -0.15) is 0 Å². The molecule has 2 aromatic heterocycles. The minimum atomic E-state index is -0.116. The average Bonchev–Trinajstić information content (AvgIpc) is 3.42. The monoisotopic (exact) mass is 391 g/mol. The van der Waals surface area contributed by atoms with Crippen molar-refractivity contribution < 1.29 is 0 Å². The topological polar surface area (TPSA) is 73.0 Å². The standard InChI is InChI=1S/C22H25N5O2/c1-25-14-12-23-20(22(25)29)26-13-6-11-18(26)19-24-17-10-5-4-9-16(17)21(28)27(19)15-7-2-3-8-15/h4-5,9-10,12,14-15,18H,2-3,6-8,11,13H2,1H3. The maximum absolute atomic E-state index is 13.5. The number of fused-ring (bicyclic) bond motifs is 1. The minimum absolute atomic E-state index is 0.0401. The minimum Gasteiger partial charge on any atom is -0.342 e. The first kappa shape index (κ1) is 18.1. The van der Waals surface area contributed by atoms with Crippen LogP contribution < -0.4 is 16.0 Å². The molecule has 5 rings (SSSR count). The number of nitrogens with zero attached hydrogens (tertiary/aromatic N) is 5. The van der Waals surface area contributed by atoms with E-state index in [2.05, 4.69) is 4.98 Å². The molecule has 1 aliphatic heterocycles. The molecule has 2 aliphatic rings. The summed E-state index contributed by atoms with van der Waals surface area (Å²) in [5.41, 5.74) is 0.649. The highest BCUT2D eigenvalue weighted by atomic mass is 16.1. The SMILES string of the molecule is Cn1ccnc(N2CCCC2c2nc3ccccc3c(=O)n2C2CCCC2)c1=O. The van der Waals surface area contributed by atoms with Gasteiger partial charge in [0.05, 0.1) is 16.9 Å². The van der Waals surface area contributed by atoms with Crippen LogP contribution >= 0.6 is 0 Å². The van der Waals surface area contributed by atoms with Crippen LogP contribution in [0.1, 0.15) is 56.4 Å². The van der Waals surface area contributed by atoms with Gasteiger partial charge in [-0.1, -0.05) is 25.0 Å². The van der Waals surface area contributed by atoms with Crippen LogP contribution in [0.4, 0.5) is 5.82 Å². The van der Waals surface area contributed by atoms with Gasteiger partial charge in [-0.25, -0.2) is 9.97 Å². The maximum atomic E-state index is 13.5. The van der Waals surface area contributed by atoms with Crippen molar-refractivity contribution in [2.24, 2.45) is 7.05 Å². The predicted octanol–water partition coefficient (Wildman–Crippen LogP) is 2.95. The number of aromatic nitrogens is 4. The van der Waals surface area contributed by atoms with E-state index in [1.165, 1.54) is 0 Å². The van der Waals surface area contributed by atoms with E-state index in [9.17, 15) is 9.59 Å². The first-order chi connectivity index (χ1) is 14.1. The van der Waals surface area contributed by atoms with E-state index in [0.717, 1.165) is 56.4 Å². The van der Waals surface area contributed by atoms with E-state index in [4.69, 9.17) is 4.98 Å². The predicted molar refractivity (Wildman–Crippen MR) is 112 cm³/mol. The van der Waals surface area contributed by atoms with Gasteiger partial charge < -0.3 is 9.47 Å². The Hall–Kier alpha value is -2.96. The van der Waals surface area contributed by atoms with Crippen LogP contribution in [0.2, 0.25) is 0 Å². The molecular weight excluding hydrogens is 366 g/mol. The molecule has 1 atom stereocenters. The van der Waals surface area contributed by atoms with Crippen molar-refractivity contribution in [2.75, 3.05) is 11.4 Å². The van der Waals surface area contributed by atoms with Crippen molar-refractivity contribution in [1.82, 2.24) is 19.1 Å². The molecule has 0 spiro atoms. The van der Waals surface area contributed by atoms with Crippen LogP contribution in [0.25, 0.3) is 10.9 Å². The van der Waals surface area contributed by atoms with E-state index in [0.29, 0.717) is 11.2 Å². The van der Waals surface area contributed by atoms with E-state index >= 15 is 0 Å². The quantitative estimate of drug-likeness (QED) is 0.686. The lowest BCUT2D eigenvalue weighted by atomic mass is 10.1. The number of hydrogen-bond acceptors (Lipinski definition) is 5. The fourth-order valence-electron chi connectivity index (χ4n) is 4.88. The molecule has 0 bridgehead atoms. The molecule has 3 heterocycles. The van der Waals surface area contributed by atoms with Gasteiger partial charge in [-0.15, -0.1) is 0 Å². The van der Waals surface area contributed by atoms with Crippen LogP contribution in [0.5, 0.6) is 0 Å². The van der Waals surface area contributed by atoms with E-state index < -0.39 is 0 Å². The number of hydrogen-bond donors (Lipinski definition) is 0. The molecule has 7 nitrogen and oxygen atoms in total. The van der Waals surface area contributed by atoms with E-state index in [-0.39, 0.29) is 23.2 Å². The maximum Gasteiger partial charge on any atom is 0.293 e. The first-order valence-electron chi connectivity index (χ1n) is 10.4. The molecular formula is C22H25N5O2. The van der Waals surface area contributed by atoms with Crippen molar-refractivity contribution in [3.8, 4) is 0 Å². The molecule has 0 amide bonds. The van der Waals surface area contributed by atoms with E-state index in [1.54, 1.807) is 24.0 Å². The molecule has 1 saturated carbocycles. The fourth-order valence-corrected chi connectivity index (χ4v) is 4.88. The number of aryl methyl sites for hydroxylation is 1. The molecule has 1 unspecified atom stereocenters. The second kappa shape index (κ2) is 7.13. The third kappa shape index (κ3) is 2.96. The first-order valence-corrected chi connectivity index (χ1v) is 10.4.